The van der Waals surface area contributed by atoms with Crippen LogP contribution < -0.4 is 5.32 Å². The number of rotatable bonds is 5. The molecule has 0 saturated carbocycles. The Hall–Kier alpha value is -0.380. The molecule has 2 rings (SSSR count). The molecule has 1 aromatic heterocycles. The first-order valence-corrected chi connectivity index (χ1v) is 7.16. The molecule has 0 aliphatic carbocycles. The van der Waals surface area contributed by atoms with Gasteiger partial charge in [-0.2, -0.15) is 0 Å². The minimum Gasteiger partial charge on any atom is -0.308 e. The van der Waals surface area contributed by atoms with Crippen LogP contribution >= 0.6 is 11.3 Å². The zero-order valence-electron chi connectivity index (χ0n) is 10.3. The molecule has 1 N–H and O–H groups in total. The zero-order valence-corrected chi connectivity index (χ0v) is 11.1. The van der Waals surface area contributed by atoms with Crippen LogP contribution in [-0.2, 0) is 0 Å². The number of nitrogens with zero attached hydrogens (tertiary/aromatic N) is 1. The molecule has 2 atom stereocenters. The lowest BCUT2D eigenvalue weighted by atomic mass is 10.2. The van der Waals surface area contributed by atoms with E-state index in [2.05, 4.69) is 41.6 Å². The summed E-state index contributed by atoms with van der Waals surface area (Å²) in [7, 11) is 0. The predicted octanol–water partition coefficient (Wildman–Crippen LogP) is 2.88. The molecule has 1 aliphatic heterocycles. The summed E-state index contributed by atoms with van der Waals surface area (Å²) < 4.78 is 0. The Morgan fingerprint density at radius 1 is 1.62 bits per heavy atom. The van der Waals surface area contributed by atoms with Crippen LogP contribution in [0.3, 0.4) is 0 Å². The van der Waals surface area contributed by atoms with Gasteiger partial charge < -0.3 is 5.32 Å². The molecule has 0 spiro atoms. The maximum absolute atomic E-state index is 3.60. The number of likely N-dealkylation sites (tertiary alicyclic amines) is 1. The fraction of sp³-hybridized carbons (Fsp3) is 0.692. The maximum Gasteiger partial charge on any atom is 0.0386 e. The average Bonchev–Trinajstić information content (AvgIpc) is 2.90. The highest BCUT2D eigenvalue weighted by atomic mass is 32.1. The highest BCUT2D eigenvalue weighted by molar-refractivity contribution is 7.10. The molecule has 0 bridgehead atoms. The van der Waals surface area contributed by atoms with Gasteiger partial charge in [-0.1, -0.05) is 6.07 Å². The lowest BCUT2D eigenvalue weighted by molar-refractivity contribution is 0.265. The van der Waals surface area contributed by atoms with E-state index < -0.39 is 0 Å². The third-order valence-electron chi connectivity index (χ3n) is 3.51. The van der Waals surface area contributed by atoms with E-state index in [-0.39, 0.29) is 0 Å². The standard InChI is InChI=1S/C13H22N2S/c1-11-5-3-8-15(11)9-7-14-12(2)13-6-4-10-16-13/h4,6,10-12,14H,3,5,7-9H2,1-2H3. The van der Waals surface area contributed by atoms with Crippen molar-refractivity contribution in [3.63, 3.8) is 0 Å². The van der Waals surface area contributed by atoms with Gasteiger partial charge in [0, 0.05) is 30.1 Å². The SMILES string of the molecule is CC(NCCN1CCCC1C)c1cccs1. The van der Waals surface area contributed by atoms with Crippen molar-refractivity contribution in [3.05, 3.63) is 22.4 Å². The minimum absolute atomic E-state index is 0.498. The molecule has 16 heavy (non-hydrogen) atoms. The highest BCUT2D eigenvalue weighted by Crippen LogP contribution is 2.18. The molecule has 1 aliphatic rings. The summed E-state index contributed by atoms with van der Waals surface area (Å²) >= 11 is 1.84. The second-order valence-electron chi connectivity index (χ2n) is 4.72. The molecule has 90 valence electrons. The maximum atomic E-state index is 3.60. The van der Waals surface area contributed by atoms with Gasteiger partial charge in [0.05, 0.1) is 0 Å². The fourth-order valence-electron chi connectivity index (χ4n) is 2.39. The number of hydrogen-bond donors (Lipinski definition) is 1. The largest absolute Gasteiger partial charge is 0.308 e. The molecule has 0 aromatic carbocycles. The molecule has 0 radical (unpaired) electrons. The van der Waals surface area contributed by atoms with E-state index in [0.29, 0.717) is 6.04 Å². The van der Waals surface area contributed by atoms with Gasteiger partial charge in [-0.3, -0.25) is 4.90 Å². The Morgan fingerprint density at radius 2 is 2.50 bits per heavy atom. The molecule has 2 unspecified atom stereocenters. The van der Waals surface area contributed by atoms with E-state index in [4.69, 9.17) is 0 Å². The van der Waals surface area contributed by atoms with Gasteiger partial charge in [0.25, 0.3) is 0 Å². The Balaban J connectivity index is 1.68. The highest BCUT2D eigenvalue weighted by Gasteiger charge is 2.19. The molecular weight excluding hydrogens is 216 g/mol. The summed E-state index contributed by atoms with van der Waals surface area (Å²) in [5.74, 6) is 0. The van der Waals surface area contributed by atoms with Gasteiger partial charge >= 0.3 is 0 Å². The summed E-state index contributed by atoms with van der Waals surface area (Å²) in [4.78, 5) is 4.03. The Kier molecular flexibility index (Phi) is 4.38. The quantitative estimate of drug-likeness (QED) is 0.848. The molecule has 1 fully saturated rings. The van der Waals surface area contributed by atoms with Crippen molar-refractivity contribution in [2.24, 2.45) is 0 Å². The number of thiophene rings is 1. The van der Waals surface area contributed by atoms with Crippen molar-refractivity contribution in [3.8, 4) is 0 Å². The first-order chi connectivity index (χ1) is 7.77. The summed E-state index contributed by atoms with van der Waals surface area (Å²) in [6.45, 7) is 8.17. The van der Waals surface area contributed by atoms with Crippen molar-refractivity contribution in [1.29, 1.82) is 0 Å². The van der Waals surface area contributed by atoms with Gasteiger partial charge in [-0.15, -0.1) is 11.3 Å². The minimum atomic E-state index is 0.498. The van der Waals surface area contributed by atoms with Crippen LogP contribution in [0.25, 0.3) is 0 Å². The lowest BCUT2D eigenvalue weighted by Gasteiger charge is -2.22. The first-order valence-electron chi connectivity index (χ1n) is 6.28. The topological polar surface area (TPSA) is 15.3 Å². The number of nitrogens with one attached hydrogen (secondary N) is 1. The molecule has 3 heteroatoms. The van der Waals surface area contributed by atoms with Gasteiger partial charge in [-0.05, 0) is 44.7 Å². The average molecular weight is 238 g/mol. The summed E-state index contributed by atoms with van der Waals surface area (Å²) in [5, 5.41) is 5.75. The van der Waals surface area contributed by atoms with Crippen molar-refractivity contribution < 1.29 is 0 Å². The first kappa shape index (κ1) is 12.1. The molecule has 0 amide bonds. The van der Waals surface area contributed by atoms with Crippen molar-refractivity contribution in [1.82, 2.24) is 10.2 Å². The number of hydrogen-bond acceptors (Lipinski definition) is 3. The van der Waals surface area contributed by atoms with Crippen molar-refractivity contribution >= 4 is 11.3 Å². The van der Waals surface area contributed by atoms with E-state index in [0.717, 1.165) is 12.6 Å². The van der Waals surface area contributed by atoms with Gasteiger partial charge in [0.1, 0.15) is 0 Å². The Labute approximate surface area is 103 Å². The summed E-state index contributed by atoms with van der Waals surface area (Å²) in [6.07, 6.45) is 2.75. The van der Waals surface area contributed by atoms with Crippen LogP contribution in [0, 0.1) is 0 Å². The van der Waals surface area contributed by atoms with Crippen LogP contribution in [0.15, 0.2) is 17.5 Å². The van der Waals surface area contributed by atoms with E-state index in [9.17, 15) is 0 Å². The van der Waals surface area contributed by atoms with Crippen LogP contribution in [0.4, 0.5) is 0 Å². The third-order valence-corrected chi connectivity index (χ3v) is 4.57. The molecule has 2 nitrogen and oxygen atoms in total. The normalized spacial score (nSPS) is 23.8. The fourth-order valence-corrected chi connectivity index (χ4v) is 3.15. The van der Waals surface area contributed by atoms with Crippen LogP contribution in [0.5, 0.6) is 0 Å². The lowest BCUT2D eigenvalue weighted by Crippen LogP contribution is -2.34. The molecular formula is C13H22N2S. The Morgan fingerprint density at radius 3 is 3.12 bits per heavy atom. The van der Waals surface area contributed by atoms with Crippen LogP contribution in [-0.4, -0.2) is 30.6 Å². The van der Waals surface area contributed by atoms with Gasteiger partial charge in [0.15, 0.2) is 0 Å². The van der Waals surface area contributed by atoms with E-state index in [1.165, 1.54) is 30.8 Å². The smallest absolute Gasteiger partial charge is 0.0386 e. The zero-order chi connectivity index (χ0) is 11.4. The van der Waals surface area contributed by atoms with E-state index >= 15 is 0 Å². The second-order valence-corrected chi connectivity index (χ2v) is 5.70. The summed E-state index contributed by atoms with van der Waals surface area (Å²) in [6, 6.07) is 5.62. The molecule has 2 heterocycles. The van der Waals surface area contributed by atoms with Crippen LogP contribution in [0.2, 0.25) is 0 Å². The second kappa shape index (κ2) is 5.80. The van der Waals surface area contributed by atoms with Crippen molar-refractivity contribution in [2.45, 2.75) is 38.8 Å². The van der Waals surface area contributed by atoms with Crippen LogP contribution in [0.1, 0.15) is 37.6 Å². The summed E-state index contributed by atoms with van der Waals surface area (Å²) in [5.41, 5.74) is 0. The van der Waals surface area contributed by atoms with Gasteiger partial charge in [0.2, 0.25) is 0 Å². The predicted molar refractivity (Wildman–Crippen MR) is 71.0 cm³/mol. The van der Waals surface area contributed by atoms with Gasteiger partial charge in [-0.25, -0.2) is 0 Å². The molecule has 1 aromatic rings. The van der Waals surface area contributed by atoms with E-state index in [1.54, 1.807) is 0 Å². The van der Waals surface area contributed by atoms with Crippen molar-refractivity contribution in [2.75, 3.05) is 19.6 Å². The Bertz CT molecular complexity index is 297. The third kappa shape index (κ3) is 3.06. The molecule has 1 saturated heterocycles. The van der Waals surface area contributed by atoms with E-state index in [1.807, 2.05) is 11.3 Å². The monoisotopic (exact) mass is 238 g/mol.